The van der Waals surface area contributed by atoms with E-state index in [0.29, 0.717) is 18.4 Å². The Morgan fingerprint density at radius 3 is 2.86 bits per heavy atom. The first-order valence-electron chi connectivity index (χ1n) is 4.38. The Labute approximate surface area is 88.8 Å². The van der Waals surface area contributed by atoms with Crippen molar-refractivity contribution in [3.8, 4) is 0 Å². The Kier molecular flexibility index (Phi) is 4.56. The van der Waals surface area contributed by atoms with E-state index in [1.54, 1.807) is 12.1 Å². The van der Waals surface area contributed by atoms with Crippen molar-refractivity contribution in [1.82, 2.24) is 10.2 Å². The van der Waals surface area contributed by atoms with Crippen LogP contribution in [-0.4, -0.2) is 16.8 Å². The molecular formula is C10H13ClN2O. The first-order valence-corrected chi connectivity index (χ1v) is 4.76. The standard InChI is InChI=1S/C10H13ClN2O/c1-8(2)5-6-14-7-9-3-4-10(11)13-12-9/h3-4H,1,5-7H2,2H3. The van der Waals surface area contributed by atoms with Gasteiger partial charge in [-0.2, -0.15) is 5.10 Å². The van der Waals surface area contributed by atoms with E-state index < -0.39 is 0 Å². The van der Waals surface area contributed by atoms with Gasteiger partial charge in [0, 0.05) is 0 Å². The fourth-order valence-electron chi connectivity index (χ4n) is 0.844. The number of hydrogen-bond donors (Lipinski definition) is 0. The Morgan fingerprint density at radius 1 is 1.50 bits per heavy atom. The van der Waals surface area contributed by atoms with E-state index in [0.717, 1.165) is 17.7 Å². The van der Waals surface area contributed by atoms with Crippen LogP contribution < -0.4 is 0 Å². The zero-order valence-corrected chi connectivity index (χ0v) is 8.92. The molecule has 76 valence electrons. The second-order valence-corrected chi connectivity index (χ2v) is 3.49. The molecular weight excluding hydrogens is 200 g/mol. The van der Waals surface area contributed by atoms with Gasteiger partial charge in [-0.25, -0.2) is 0 Å². The monoisotopic (exact) mass is 212 g/mol. The highest BCUT2D eigenvalue weighted by molar-refractivity contribution is 6.29. The summed E-state index contributed by atoms with van der Waals surface area (Å²) in [6.07, 6.45) is 0.876. The van der Waals surface area contributed by atoms with Gasteiger partial charge in [-0.3, -0.25) is 0 Å². The predicted molar refractivity (Wildman–Crippen MR) is 56.1 cm³/mol. The van der Waals surface area contributed by atoms with Gasteiger partial charge in [0.25, 0.3) is 0 Å². The molecule has 0 aliphatic heterocycles. The van der Waals surface area contributed by atoms with Crippen LogP contribution in [0.1, 0.15) is 19.0 Å². The van der Waals surface area contributed by atoms with Crippen molar-refractivity contribution in [3.63, 3.8) is 0 Å². The highest BCUT2D eigenvalue weighted by Gasteiger charge is 1.96. The molecule has 0 N–H and O–H groups in total. The van der Waals surface area contributed by atoms with Gasteiger partial charge in [-0.1, -0.05) is 17.2 Å². The first-order chi connectivity index (χ1) is 6.68. The Balaban J connectivity index is 2.25. The molecule has 1 rings (SSSR count). The van der Waals surface area contributed by atoms with Crippen LogP contribution in [0.4, 0.5) is 0 Å². The molecule has 1 aromatic rings. The summed E-state index contributed by atoms with van der Waals surface area (Å²) in [6, 6.07) is 3.50. The van der Waals surface area contributed by atoms with Crippen molar-refractivity contribution in [3.05, 3.63) is 35.1 Å². The second kappa shape index (κ2) is 5.73. The van der Waals surface area contributed by atoms with Crippen LogP contribution in [-0.2, 0) is 11.3 Å². The highest BCUT2D eigenvalue weighted by Crippen LogP contribution is 2.04. The summed E-state index contributed by atoms with van der Waals surface area (Å²) in [7, 11) is 0. The molecule has 4 heteroatoms. The molecule has 0 fully saturated rings. The van der Waals surface area contributed by atoms with Crippen molar-refractivity contribution >= 4 is 11.6 Å². The summed E-state index contributed by atoms with van der Waals surface area (Å²) >= 11 is 5.59. The fourth-order valence-corrected chi connectivity index (χ4v) is 0.945. The van der Waals surface area contributed by atoms with Crippen molar-refractivity contribution < 1.29 is 4.74 Å². The molecule has 0 radical (unpaired) electrons. The van der Waals surface area contributed by atoms with E-state index in [1.165, 1.54) is 0 Å². The molecule has 14 heavy (non-hydrogen) atoms. The van der Waals surface area contributed by atoms with E-state index >= 15 is 0 Å². The Hall–Kier alpha value is -0.930. The van der Waals surface area contributed by atoms with Gasteiger partial charge < -0.3 is 4.74 Å². The third-order valence-electron chi connectivity index (χ3n) is 1.61. The summed E-state index contributed by atoms with van der Waals surface area (Å²) in [5.41, 5.74) is 1.91. The maximum atomic E-state index is 5.59. The molecule has 0 aliphatic rings. The average Bonchev–Trinajstić information content (AvgIpc) is 2.15. The van der Waals surface area contributed by atoms with E-state index in [-0.39, 0.29) is 0 Å². The molecule has 1 heterocycles. The maximum absolute atomic E-state index is 5.59. The van der Waals surface area contributed by atoms with Crippen LogP contribution >= 0.6 is 11.6 Å². The minimum absolute atomic E-state index is 0.399. The molecule has 0 unspecified atom stereocenters. The number of ether oxygens (including phenoxy) is 1. The van der Waals surface area contributed by atoms with Crippen LogP contribution in [0.2, 0.25) is 5.15 Å². The molecule has 0 saturated carbocycles. The average molecular weight is 213 g/mol. The SMILES string of the molecule is C=C(C)CCOCc1ccc(Cl)nn1. The van der Waals surface area contributed by atoms with Gasteiger partial charge >= 0.3 is 0 Å². The van der Waals surface area contributed by atoms with Gasteiger partial charge in [0.05, 0.1) is 18.9 Å². The quantitative estimate of drug-likeness (QED) is 0.556. The minimum atomic E-state index is 0.399. The lowest BCUT2D eigenvalue weighted by molar-refractivity contribution is 0.120. The summed E-state index contributed by atoms with van der Waals surface area (Å²) in [5.74, 6) is 0. The van der Waals surface area contributed by atoms with E-state index in [1.807, 2.05) is 6.92 Å². The van der Waals surface area contributed by atoms with Crippen LogP contribution in [0.15, 0.2) is 24.3 Å². The largest absolute Gasteiger partial charge is 0.375 e. The first kappa shape index (κ1) is 11.1. The molecule has 0 amide bonds. The number of nitrogens with zero attached hydrogens (tertiary/aromatic N) is 2. The summed E-state index contributed by atoms with van der Waals surface area (Å²) in [6.45, 7) is 6.90. The fraction of sp³-hybridized carbons (Fsp3) is 0.400. The normalized spacial score (nSPS) is 10.1. The van der Waals surface area contributed by atoms with Crippen molar-refractivity contribution in [2.75, 3.05) is 6.61 Å². The summed E-state index contributed by atoms with van der Waals surface area (Å²) in [5, 5.41) is 7.98. The molecule has 0 aromatic carbocycles. The molecule has 0 saturated heterocycles. The molecule has 0 atom stereocenters. The van der Waals surface area contributed by atoms with Crippen molar-refractivity contribution in [1.29, 1.82) is 0 Å². The Morgan fingerprint density at radius 2 is 2.29 bits per heavy atom. The topological polar surface area (TPSA) is 35.0 Å². The smallest absolute Gasteiger partial charge is 0.151 e. The van der Waals surface area contributed by atoms with E-state index in [4.69, 9.17) is 16.3 Å². The second-order valence-electron chi connectivity index (χ2n) is 3.11. The molecule has 0 spiro atoms. The molecule has 0 bridgehead atoms. The summed E-state index contributed by atoms with van der Waals surface area (Å²) < 4.78 is 5.36. The summed E-state index contributed by atoms with van der Waals surface area (Å²) in [4.78, 5) is 0. The highest BCUT2D eigenvalue weighted by atomic mass is 35.5. The van der Waals surface area contributed by atoms with Crippen molar-refractivity contribution in [2.24, 2.45) is 0 Å². The maximum Gasteiger partial charge on any atom is 0.151 e. The van der Waals surface area contributed by atoms with Crippen LogP contribution in [0.25, 0.3) is 0 Å². The van der Waals surface area contributed by atoms with Crippen molar-refractivity contribution in [2.45, 2.75) is 20.0 Å². The van der Waals surface area contributed by atoms with Gasteiger partial charge in [0.15, 0.2) is 5.15 Å². The lowest BCUT2D eigenvalue weighted by Crippen LogP contribution is -1.99. The zero-order valence-electron chi connectivity index (χ0n) is 8.16. The van der Waals surface area contributed by atoms with Gasteiger partial charge in [-0.05, 0) is 25.5 Å². The van der Waals surface area contributed by atoms with Gasteiger partial charge in [0.2, 0.25) is 0 Å². The van der Waals surface area contributed by atoms with Crippen LogP contribution in [0.5, 0.6) is 0 Å². The van der Waals surface area contributed by atoms with Gasteiger partial charge in [-0.15, -0.1) is 11.7 Å². The molecule has 0 aliphatic carbocycles. The zero-order chi connectivity index (χ0) is 10.4. The van der Waals surface area contributed by atoms with E-state index in [2.05, 4.69) is 16.8 Å². The van der Waals surface area contributed by atoms with E-state index in [9.17, 15) is 0 Å². The number of aromatic nitrogens is 2. The number of rotatable bonds is 5. The van der Waals surface area contributed by atoms with Crippen LogP contribution in [0.3, 0.4) is 0 Å². The van der Waals surface area contributed by atoms with Crippen LogP contribution in [0, 0.1) is 0 Å². The lowest BCUT2D eigenvalue weighted by atomic mass is 10.3. The lowest BCUT2D eigenvalue weighted by Gasteiger charge is -2.02. The third-order valence-corrected chi connectivity index (χ3v) is 1.81. The molecule has 3 nitrogen and oxygen atoms in total. The predicted octanol–water partition coefficient (Wildman–Crippen LogP) is 2.61. The minimum Gasteiger partial charge on any atom is -0.375 e. The third kappa shape index (κ3) is 4.35. The Bertz CT molecular complexity index is 297. The van der Waals surface area contributed by atoms with Gasteiger partial charge in [0.1, 0.15) is 0 Å². The number of hydrogen-bond acceptors (Lipinski definition) is 3. The number of halogens is 1. The molecule has 1 aromatic heterocycles.